The van der Waals surface area contributed by atoms with Crippen LogP contribution in [0.4, 0.5) is 5.69 Å². The molecule has 0 saturated carbocycles. The van der Waals surface area contributed by atoms with Crippen LogP contribution in [-0.2, 0) is 26.0 Å². The van der Waals surface area contributed by atoms with E-state index in [0.717, 1.165) is 22.5 Å². The average molecular weight is 529 g/mol. The normalized spacial score (nSPS) is 13.1. The van der Waals surface area contributed by atoms with E-state index < -0.39 is 28.5 Å². The van der Waals surface area contributed by atoms with Gasteiger partial charge in [0.2, 0.25) is 21.8 Å². The first-order chi connectivity index (χ1) is 15.9. The quantitative estimate of drug-likeness (QED) is 0.475. The molecule has 34 heavy (non-hydrogen) atoms. The zero-order chi connectivity index (χ0) is 25.5. The first-order valence-corrected chi connectivity index (χ1v) is 13.6. The third-order valence-electron chi connectivity index (χ3n) is 5.47. The number of carbonyl (C=O) groups is 2. The van der Waals surface area contributed by atoms with Gasteiger partial charge in [0.25, 0.3) is 0 Å². The van der Waals surface area contributed by atoms with Gasteiger partial charge in [0.05, 0.1) is 11.9 Å². The molecule has 7 nitrogen and oxygen atoms in total. The van der Waals surface area contributed by atoms with Crippen LogP contribution in [0.25, 0.3) is 0 Å². The molecule has 2 rings (SSSR count). The lowest BCUT2D eigenvalue weighted by molar-refractivity contribution is -0.139. The zero-order valence-electron chi connectivity index (χ0n) is 19.8. The van der Waals surface area contributed by atoms with Crippen molar-refractivity contribution < 1.29 is 18.0 Å². The van der Waals surface area contributed by atoms with Crippen molar-refractivity contribution in [1.29, 1.82) is 0 Å². The van der Waals surface area contributed by atoms with Crippen LogP contribution in [0, 0.1) is 0 Å². The highest BCUT2D eigenvalue weighted by molar-refractivity contribution is 7.92. The number of anilines is 1. The fourth-order valence-electron chi connectivity index (χ4n) is 3.33. The molecule has 0 fully saturated rings. The lowest BCUT2D eigenvalue weighted by atomic mass is 10.1. The highest BCUT2D eigenvalue weighted by Crippen LogP contribution is 2.27. The van der Waals surface area contributed by atoms with E-state index in [1.165, 1.54) is 23.1 Å². The summed E-state index contributed by atoms with van der Waals surface area (Å²) in [6.45, 7) is 5.22. The maximum absolute atomic E-state index is 13.4. The molecule has 0 heterocycles. The first-order valence-electron chi connectivity index (χ1n) is 11.0. The molecule has 186 valence electrons. The summed E-state index contributed by atoms with van der Waals surface area (Å²) in [7, 11) is -3.85. The van der Waals surface area contributed by atoms with Crippen molar-refractivity contribution in [3.63, 3.8) is 0 Å². The molecule has 0 unspecified atom stereocenters. The van der Waals surface area contributed by atoms with E-state index in [0.29, 0.717) is 6.42 Å². The molecule has 0 spiro atoms. The minimum Gasteiger partial charge on any atom is -0.352 e. The Labute approximate surface area is 212 Å². The van der Waals surface area contributed by atoms with Crippen LogP contribution in [0.3, 0.4) is 0 Å². The number of hydrogen-bond acceptors (Lipinski definition) is 4. The standard InChI is InChI=1S/C24H31Cl2N3O4S/c1-5-17(2)27-24(31)18(3)28(12-11-19-9-7-6-8-10-19)23(30)16-29(34(4,32)33)22-14-20(25)13-21(26)15-22/h6-10,13-15,17-18H,5,11-12,16H2,1-4H3,(H,27,31)/t17-,18-/m1/s1. The van der Waals surface area contributed by atoms with E-state index in [4.69, 9.17) is 23.2 Å². The summed E-state index contributed by atoms with van der Waals surface area (Å²) in [5, 5.41) is 3.38. The van der Waals surface area contributed by atoms with Crippen molar-refractivity contribution in [2.75, 3.05) is 23.7 Å². The van der Waals surface area contributed by atoms with E-state index in [1.54, 1.807) is 6.92 Å². The van der Waals surface area contributed by atoms with Crippen LogP contribution in [0.15, 0.2) is 48.5 Å². The van der Waals surface area contributed by atoms with Crippen molar-refractivity contribution >= 4 is 50.7 Å². The molecule has 2 atom stereocenters. The van der Waals surface area contributed by atoms with Crippen molar-refractivity contribution in [2.45, 2.75) is 45.7 Å². The number of benzene rings is 2. The summed E-state index contributed by atoms with van der Waals surface area (Å²) < 4.78 is 26.1. The Morgan fingerprint density at radius 1 is 1.03 bits per heavy atom. The summed E-state index contributed by atoms with van der Waals surface area (Å²) in [4.78, 5) is 27.7. The molecule has 0 aliphatic rings. The minimum absolute atomic E-state index is 0.0536. The number of nitrogens with zero attached hydrogens (tertiary/aromatic N) is 2. The first kappa shape index (κ1) is 28.0. The highest BCUT2D eigenvalue weighted by atomic mass is 35.5. The van der Waals surface area contributed by atoms with Crippen molar-refractivity contribution in [1.82, 2.24) is 10.2 Å². The number of nitrogens with one attached hydrogen (secondary N) is 1. The van der Waals surface area contributed by atoms with E-state index in [-0.39, 0.29) is 34.2 Å². The number of hydrogen-bond donors (Lipinski definition) is 1. The van der Waals surface area contributed by atoms with Crippen LogP contribution >= 0.6 is 23.2 Å². The number of amides is 2. The Hall–Kier alpha value is -2.29. The van der Waals surface area contributed by atoms with Gasteiger partial charge in [-0.1, -0.05) is 60.5 Å². The van der Waals surface area contributed by atoms with Crippen LogP contribution in [0.5, 0.6) is 0 Å². The Bertz CT molecular complexity index is 1080. The van der Waals surface area contributed by atoms with Gasteiger partial charge >= 0.3 is 0 Å². The fraction of sp³-hybridized carbons (Fsp3) is 0.417. The summed E-state index contributed by atoms with van der Waals surface area (Å²) in [5.74, 6) is -0.809. The van der Waals surface area contributed by atoms with Gasteiger partial charge in [0.15, 0.2) is 0 Å². The maximum Gasteiger partial charge on any atom is 0.244 e. The molecule has 0 aliphatic heterocycles. The van der Waals surface area contributed by atoms with Crippen molar-refractivity contribution in [3.05, 3.63) is 64.1 Å². The van der Waals surface area contributed by atoms with E-state index >= 15 is 0 Å². The molecule has 0 saturated heterocycles. The van der Waals surface area contributed by atoms with Crippen molar-refractivity contribution in [2.24, 2.45) is 0 Å². The highest BCUT2D eigenvalue weighted by Gasteiger charge is 2.30. The maximum atomic E-state index is 13.4. The van der Waals surface area contributed by atoms with Crippen LogP contribution in [-0.4, -0.2) is 56.6 Å². The van der Waals surface area contributed by atoms with Gasteiger partial charge < -0.3 is 10.2 Å². The van der Waals surface area contributed by atoms with Gasteiger partial charge in [-0.15, -0.1) is 0 Å². The molecular formula is C24H31Cl2N3O4S. The fourth-order valence-corrected chi connectivity index (χ4v) is 4.68. The molecule has 2 amide bonds. The smallest absolute Gasteiger partial charge is 0.244 e. The van der Waals surface area contributed by atoms with Gasteiger partial charge in [-0.05, 0) is 50.5 Å². The van der Waals surface area contributed by atoms with Crippen LogP contribution < -0.4 is 9.62 Å². The molecular weight excluding hydrogens is 497 g/mol. The lowest BCUT2D eigenvalue weighted by Gasteiger charge is -2.32. The van der Waals surface area contributed by atoms with Crippen LogP contribution in [0.1, 0.15) is 32.8 Å². The van der Waals surface area contributed by atoms with E-state index in [1.807, 2.05) is 44.2 Å². The monoisotopic (exact) mass is 527 g/mol. The second-order valence-electron chi connectivity index (χ2n) is 8.21. The SMILES string of the molecule is CC[C@@H](C)NC(=O)[C@@H](C)N(CCc1ccccc1)C(=O)CN(c1cc(Cl)cc(Cl)c1)S(C)(=O)=O. The minimum atomic E-state index is -3.85. The summed E-state index contributed by atoms with van der Waals surface area (Å²) in [5.41, 5.74) is 1.17. The Morgan fingerprint density at radius 3 is 2.15 bits per heavy atom. The number of carbonyl (C=O) groups excluding carboxylic acids is 2. The second-order valence-corrected chi connectivity index (χ2v) is 11.0. The van der Waals surface area contributed by atoms with Gasteiger partial charge in [-0.3, -0.25) is 13.9 Å². The molecule has 10 heteroatoms. The van der Waals surface area contributed by atoms with E-state index in [2.05, 4.69) is 5.32 Å². The predicted octanol–water partition coefficient (Wildman–Crippen LogP) is 4.13. The predicted molar refractivity (Wildman–Crippen MR) is 138 cm³/mol. The average Bonchev–Trinajstić information content (AvgIpc) is 2.76. The Kier molecular flexibility index (Phi) is 10.2. The molecule has 1 N–H and O–H groups in total. The molecule has 2 aromatic carbocycles. The number of sulfonamides is 1. The van der Waals surface area contributed by atoms with E-state index in [9.17, 15) is 18.0 Å². The van der Waals surface area contributed by atoms with Gasteiger partial charge in [0.1, 0.15) is 12.6 Å². The molecule has 0 radical (unpaired) electrons. The third kappa shape index (κ3) is 8.18. The Morgan fingerprint density at radius 2 is 1.62 bits per heavy atom. The lowest BCUT2D eigenvalue weighted by Crippen LogP contribution is -2.53. The number of rotatable bonds is 11. The topological polar surface area (TPSA) is 86.8 Å². The summed E-state index contributed by atoms with van der Waals surface area (Å²) in [6, 6.07) is 13.0. The largest absolute Gasteiger partial charge is 0.352 e. The second kappa shape index (κ2) is 12.4. The third-order valence-corrected chi connectivity index (χ3v) is 7.04. The van der Waals surface area contributed by atoms with Crippen molar-refractivity contribution in [3.8, 4) is 0 Å². The summed E-state index contributed by atoms with van der Waals surface area (Å²) in [6.07, 6.45) is 2.26. The molecule has 0 bridgehead atoms. The van der Waals surface area contributed by atoms with Gasteiger partial charge in [-0.25, -0.2) is 8.42 Å². The molecule has 0 aliphatic carbocycles. The Balaban J connectivity index is 2.34. The molecule has 2 aromatic rings. The molecule has 0 aromatic heterocycles. The number of halogens is 2. The van der Waals surface area contributed by atoms with Gasteiger partial charge in [0, 0.05) is 22.6 Å². The zero-order valence-corrected chi connectivity index (χ0v) is 22.1. The summed E-state index contributed by atoms with van der Waals surface area (Å²) >= 11 is 12.1. The van der Waals surface area contributed by atoms with Crippen LogP contribution in [0.2, 0.25) is 10.0 Å². The van der Waals surface area contributed by atoms with Gasteiger partial charge in [-0.2, -0.15) is 0 Å².